The molecule has 0 aliphatic carbocycles. The van der Waals surface area contributed by atoms with E-state index in [1.807, 2.05) is 6.92 Å². The van der Waals surface area contributed by atoms with Crippen molar-refractivity contribution in [3.8, 4) is 17.2 Å². The zero-order valence-electron chi connectivity index (χ0n) is 8.45. The number of carbonyl (C=O) groups excluding carboxylic acids is 1. The predicted octanol–water partition coefficient (Wildman–Crippen LogP) is 2.39. The third kappa shape index (κ3) is 2.86. The summed E-state index contributed by atoms with van der Waals surface area (Å²) < 4.78 is 15.8. The first-order chi connectivity index (χ1) is 7.22. The average molecular weight is 275 g/mol. The molecule has 0 spiro atoms. The van der Waals surface area contributed by atoms with Gasteiger partial charge in [-0.1, -0.05) is 0 Å². The lowest BCUT2D eigenvalue weighted by atomic mass is 10.3. The zero-order chi connectivity index (χ0) is 11.3. The highest BCUT2D eigenvalue weighted by atomic mass is 79.9. The van der Waals surface area contributed by atoms with Crippen LogP contribution in [-0.2, 0) is 4.79 Å². The summed E-state index contributed by atoms with van der Waals surface area (Å²) in [6.45, 7) is 2.74. The van der Waals surface area contributed by atoms with Crippen molar-refractivity contribution in [3.63, 3.8) is 0 Å². The predicted molar refractivity (Wildman–Crippen MR) is 58.6 cm³/mol. The van der Waals surface area contributed by atoms with Crippen molar-refractivity contribution >= 4 is 22.4 Å². The van der Waals surface area contributed by atoms with E-state index >= 15 is 0 Å². The summed E-state index contributed by atoms with van der Waals surface area (Å²) >= 11 is 3.25. The molecule has 0 atom stereocenters. The van der Waals surface area contributed by atoms with E-state index in [0.29, 0.717) is 34.8 Å². The van der Waals surface area contributed by atoms with Gasteiger partial charge in [0, 0.05) is 12.1 Å². The number of carbonyl (C=O) groups is 1. The summed E-state index contributed by atoms with van der Waals surface area (Å²) in [7, 11) is 1.55. The van der Waals surface area contributed by atoms with Gasteiger partial charge in [0.1, 0.15) is 5.75 Å². The van der Waals surface area contributed by atoms with Crippen molar-refractivity contribution in [2.24, 2.45) is 0 Å². The highest BCUT2D eigenvalue weighted by Gasteiger charge is 2.10. The molecular formula is C10H11BrO4. The summed E-state index contributed by atoms with van der Waals surface area (Å²) in [4.78, 5) is 10.2. The van der Waals surface area contributed by atoms with E-state index in [1.165, 1.54) is 0 Å². The molecule has 15 heavy (non-hydrogen) atoms. The first kappa shape index (κ1) is 11.8. The van der Waals surface area contributed by atoms with Gasteiger partial charge in [-0.05, 0) is 22.9 Å². The lowest BCUT2D eigenvalue weighted by molar-refractivity contribution is -0.120. The Hall–Kier alpha value is -1.23. The number of halogens is 1. The topological polar surface area (TPSA) is 44.8 Å². The van der Waals surface area contributed by atoms with E-state index in [4.69, 9.17) is 14.2 Å². The number of hydrogen-bond acceptors (Lipinski definition) is 4. The lowest BCUT2D eigenvalue weighted by Gasteiger charge is -2.11. The molecule has 4 nitrogen and oxygen atoms in total. The minimum absolute atomic E-state index is 0.363. The van der Waals surface area contributed by atoms with Gasteiger partial charge in [-0.25, -0.2) is 0 Å². The van der Waals surface area contributed by atoms with Crippen molar-refractivity contribution < 1.29 is 19.0 Å². The fourth-order valence-electron chi connectivity index (χ4n) is 1.09. The number of ether oxygens (including phenoxy) is 3. The van der Waals surface area contributed by atoms with Gasteiger partial charge in [0.25, 0.3) is 6.47 Å². The fraction of sp³-hybridized carbons (Fsp3) is 0.300. The molecule has 0 aliphatic heterocycles. The van der Waals surface area contributed by atoms with Crippen LogP contribution in [0, 0.1) is 0 Å². The molecule has 0 heterocycles. The van der Waals surface area contributed by atoms with Crippen molar-refractivity contribution in [1.29, 1.82) is 0 Å². The Morgan fingerprint density at radius 3 is 2.60 bits per heavy atom. The van der Waals surface area contributed by atoms with Crippen LogP contribution in [0.1, 0.15) is 6.92 Å². The molecule has 0 saturated heterocycles. The summed E-state index contributed by atoms with van der Waals surface area (Å²) in [6.07, 6.45) is 0. The number of hydrogen-bond donors (Lipinski definition) is 0. The highest BCUT2D eigenvalue weighted by molar-refractivity contribution is 9.10. The standard InChI is InChI=1S/C10H11BrO4/c1-3-14-10-5-8(15-6-12)7(11)4-9(10)13-2/h4-6H,3H2,1-2H3. The van der Waals surface area contributed by atoms with Gasteiger partial charge < -0.3 is 14.2 Å². The first-order valence-electron chi connectivity index (χ1n) is 4.33. The van der Waals surface area contributed by atoms with Crippen molar-refractivity contribution in [2.75, 3.05) is 13.7 Å². The van der Waals surface area contributed by atoms with Gasteiger partial charge in [-0.3, -0.25) is 4.79 Å². The molecule has 82 valence electrons. The van der Waals surface area contributed by atoms with Crippen LogP contribution >= 0.6 is 15.9 Å². The molecule has 0 aromatic heterocycles. The monoisotopic (exact) mass is 274 g/mol. The summed E-state index contributed by atoms with van der Waals surface area (Å²) in [6, 6.07) is 3.28. The van der Waals surface area contributed by atoms with Crippen LogP contribution < -0.4 is 14.2 Å². The number of benzene rings is 1. The maximum absolute atomic E-state index is 10.2. The van der Waals surface area contributed by atoms with Gasteiger partial charge in [-0.15, -0.1) is 0 Å². The molecule has 0 bridgehead atoms. The van der Waals surface area contributed by atoms with Gasteiger partial charge in [-0.2, -0.15) is 0 Å². The van der Waals surface area contributed by atoms with Gasteiger partial charge in [0.15, 0.2) is 11.5 Å². The first-order valence-corrected chi connectivity index (χ1v) is 5.12. The maximum atomic E-state index is 10.2. The van der Waals surface area contributed by atoms with Gasteiger partial charge in [0.2, 0.25) is 0 Å². The van der Waals surface area contributed by atoms with E-state index in [-0.39, 0.29) is 0 Å². The number of methoxy groups -OCH3 is 1. The van der Waals surface area contributed by atoms with Crippen LogP contribution in [0.25, 0.3) is 0 Å². The molecule has 1 rings (SSSR count). The minimum atomic E-state index is 0.363. The van der Waals surface area contributed by atoms with Crippen LogP contribution in [0.2, 0.25) is 0 Å². The molecular weight excluding hydrogens is 264 g/mol. The van der Waals surface area contributed by atoms with Crippen LogP contribution in [-0.4, -0.2) is 20.2 Å². The Morgan fingerprint density at radius 1 is 1.33 bits per heavy atom. The third-order valence-electron chi connectivity index (χ3n) is 1.69. The SMILES string of the molecule is CCOc1cc(OC=O)c(Br)cc1OC. The Labute approximate surface area is 96.3 Å². The molecule has 0 N–H and O–H groups in total. The average Bonchev–Trinajstić information content (AvgIpc) is 2.23. The maximum Gasteiger partial charge on any atom is 0.298 e. The van der Waals surface area contributed by atoms with E-state index in [9.17, 15) is 4.79 Å². The second kappa shape index (κ2) is 5.60. The largest absolute Gasteiger partial charge is 0.493 e. The van der Waals surface area contributed by atoms with E-state index in [1.54, 1.807) is 19.2 Å². The second-order valence-corrected chi connectivity index (χ2v) is 3.43. The number of rotatable bonds is 5. The molecule has 1 aromatic carbocycles. The van der Waals surface area contributed by atoms with Crippen LogP contribution in [0.5, 0.6) is 17.2 Å². The molecule has 0 amide bonds. The lowest BCUT2D eigenvalue weighted by Crippen LogP contribution is -1.97. The Balaban J connectivity index is 3.11. The molecule has 0 aliphatic rings. The molecule has 0 radical (unpaired) electrons. The van der Waals surface area contributed by atoms with E-state index < -0.39 is 0 Å². The normalized spacial score (nSPS) is 9.53. The fourth-order valence-corrected chi connectivity index (χ4v) is 1.50. The van der Waals surface area contributed by atoms with Crippen molar-refractivity contribution in [1.82, 2.24) is 0 Å². The molecule has 5 heteroatoms. The minimum Gasteiger partial charge on any atom is -0.493 e. The summed E-state index contributed by atoms with van der Waals surface area (Å²) in [5, 5.41) is 0. The van der Waals surface area contributed by atoms with Gasteiger partial charge >= 0.3 is 0 Å². The Morgan fingerprint density at radius 2 is 2.07 bits per heavy atom. The molecule has 1 aromatic rings. The van der Waals surface area contributed by atoms with Crippen molar-refractivity contribution in [3.05, 3.63) is 16.6 Å². The van der Waals surface area contributed by atoms with Crippen LogP contribution in [0.4, 0.5) is 0 Å². The summed E-state index contributed by atoms with van der Waals surface area (Å²) in [5.41, 5.74) is 0. The van der Waals surface area contributed by atoms with E-state index in [0.717, 1.165) is 0 Å². The Bertz CT molecular complexity index is 352. The summed E-state index contributed by atoms with van der Waals surface area (Å²) in [5.74, 6) is 1.52. The highest BCUT2D eigenvalue weighted by Crippen LogP contribution is 2.37. The Kier molecular flexibility index (Phi) is 4.42. The van der Waals surface area contributed by atoms with E-state index in [2.05, 4.69) is 15.9 Å². The van der Waals surface area contributed by atoms with Crippen LogP contribution in [0.3, 0.4) is 0 Å². The molecule has 0 saturated carbocycles. The molecule has 0 fully saturated rings. The smallest absolute Gasteiger partial charge is 0.298 e. The van der Waals surface area contributed by atoms with Gasteiger partial charge in [0.05, 0.1) is 18.2 Å². The second-order valence-electron chi connectivity index (χ2n) is 2.58. The zero-order valence-corrected chi connectivity index (χ0v) is 10.0. The molecule has 0 unspecified atom stereocenters. The van der Waals surface area contributed by atoms with Crippen molar-refractivity contribution in [2.45, 2.75) is 6.92 Å². The quantitative estimate of drug-likeness (QED) is 0.774. The third-order valence-corrected chi connectivity index (χ3v) is 2.31. The van der Waals surface area contributed by atoms with Crippen LogP contribution in [0.15, 0.2) is 16.6 Å².